The highest BCUT2D eigenvalue weighted by Gasteiger charge is 2.39. The Morgan fingerprint density at radius 3 is 2.80 bits per heavy atom. The Labute approximate surface area is 114 Å². The second-order valence-electron chi connectivity index (χ2n) is 5.28. The molecule has 20 heavy (non-hydrogen) atoms. The van der Waals surface area contributed by atoms with Gasteiger partial charge in [-0.2, -0.15) is 18.2 Å². The Morgan fingerprint density at radius 1 is 1.40 bits per heavy atom. The minimum atomic E-state index is -4.85. The molecule has 0 amide bonds. The summed E-state index contributed by atoms with van der Waals surface area (Å²) in [5.41, 5.74) is 0. The van der Waals surface area contributed by atoms with Crippen molar-refractivity contribution < 1.29 is 22.5 Å². The maximum absolute atomic E-state index is 12.2. The van der Waals surface area contributed by atoms with Crippen LogP contribution in [0.1, 0.15) is 56.7 Å². The van der Waals surface area contributed by atoms with Gasteiger partial charge in [-0.15, -0.1) is 0 Å². The molecule has 7 heteroatoms. The van der Waals surface area contributed by atoms with Crippen LogP contribution in [-0.2, 0) is 11.2 Å². The van der Waals surface area contributed by atoms with Gasteiger partial charge in [-0.1, -0.05) is 31.3 Å². The summed E-state index contributed by atoms with van der Waals surface area (Å²) in [5.74, 6) is -0.934. The molecule has 4 nitrogen and oxygen atoms in total. The quantitative estimate of drug-likeness (QED) is 0.852. The van der Waals surface area contributed by atoms with Crippen molar-refractivity contribution in [3.8, 4) is 0 Å². The maximum atomic E-state index is 12.2. The monoisotopic (exact) mass is 290 g/mol. The first-order chi connectivity index (χ1) is 9.40. The second-order valence-corrected chi connectivity index (χ2v) is 5.28. The summed E-state index contributed by atoms with van der Waals surface area (Å²) in [5, 5.41) is 3.74. The smallest absolute Gasteiger partial charge is 0.339 e. The molecule has 1 heterocycles. The zero-order valence-corrected chi connectivity index (χ0v) is 11.2. The number of hydrogen-bond donors (Lipinski definition) is 0. The Balaban J connectivity index is 2.00. The molecule has 1 saturated carbocycles. The Kier molecular flexibility index (Phi) is 4.45. The van der Waals surface area contributed by atoms with E-state index in [9.17, 15) is 18.0 Å². The van der Waals surface area contributed by atoms with Crippen LogP contribution < -0.4 is 0 Å². The van der Waals surface area contributed by atoms with Gasteiger partial charge in [-0.3, -0.25) is 4.79 Å². The summed E-state index contributed by atoms with van der Waals surface area (Å²) in [6.45, 7) is 2.12. The molecule has 0 spiro atoms. The fraction of sp³-hybridized carbons (Fsp3) is 0.769. The van der Waals surface area contributed by atoms with Gasteiger partial charge in [0.1, 0.15) is 0 Å². The average Bonchev–Trinajstić information content (AvgIpc) is 2.86. The van der Waals surface area contributed by atoms with Crippen LogP contribution in [0.15, 0.2) is 4.52 Å². The first-order valence-corrected chi connectivity index (χ1v) is 6.82. The van der Waals surface area contributed by atoms with Crippen molar-refractivity contribution in [3.63, 3.8) is 0 Å². The average molecular weight is 290 g/mol. The van der Waals surface area contributed by atoms with Crippen LogP contribution in [0, 0.1) is 5.92 Å². The topological polar surface area (TPSA) is 56.0 Å². The molecule has 1 aromatic rings. The highest BCUT2D eigenvalue weighted by Crippen LogP contribution is 2.36. The van der Waals surface area contributed by atoms with E-state index in [0.29, 0.717) is 11.7 Å². The number of Topliss-reactive ketones (excluding diaryl/α,β-unsaturated/α-hetero) is 1. The molecule has 0 aliphatic heterocycles. The highest BCUT2D eigenvalue weighted by molar-refractivity contribution is 5.85. The Morgan fingerprint density at radius 2 is 2.15 bits per heavy atom. The Bertz CT molecular complexity index is 470. The van der Waals surface area contributed by atoms with Gasteiger partial charge in [-0.05, 0) is 18.8 Å². The van der Waals surface area contributed by atoms with E-state index in [-0.39, 0.29) is 11.8 Å². The molecule has 0 N–H and O–H groups in total. The van der Waals surface area contributed by atoms with Gasteiger partial charge in [0.25, 0.3) is 0 Å². The lowest BCUT2D eigenvalue weighted by Crippen LogP contribution is -2.24. The fourth-order valence-electron chi connectivity index (χ4n) is 2.64. The largest absolute Gasteiger partial charge is 0.450 e. The summed E-state index contributed by atoms with van der Waals surface area (Å²) in [4.78, 5) is 14.8. The Hall–Kier alpha value is -1.40. The van der Waals surface area contributed by atoms with Crippen molar-refractivity contribution >= 4 is 5.78 Å². The minimum Gasteiger partial charge on any atom is -0.339 e. The number of alkyl halides is 3. The number of rotatable bonds is 4. The molecular formula is C13H17F3N2O2. The van der Waals surface area contributed by atoms with E-state index in [1.807, 2.05) is 0 Å². The molecule has 112 valence electrons. The second kappa shape index (κ2) is 5.93. The lowest BCUT2D eigenvalue weighted by Gasteiger charge is -2.26. The molecule has 2 unspecified atom stereocenters. The van der Waals surface area contributed by atoms with Gasteiger partial charge in [-0.25, -0.2) is 0 Å². The van der Waals surface area contributed by atoms with Crippen LogP contribution in [0.25, 0.3) is 0 Å². The summed E-state index contributed by atoms with van der Waals surface area (Å²) >= 11 is 0. The van der Waals surface area contributed by atoms with Gasteiger partial charge in [0.2, 0.25) is 11.7 Å². The van der Waals surface area contributed by atoms with Crippen molar-refractivity contribution in [3.05, 3.63) is 11.7 Å². The minimum absolute atomic E-state index is 0.132. The van der Waals surface area contributed by atoms with Crippen LogP contribution in [-0.4, -0.2) is 22.1 Å². The van der Waals surface area contributed by atoms with Crippen LogP contribution in [0.5, 0.6) is 0 Å². The molecule has 0 bridgehead atoms. The van der Waals surface area contributed by atoms with Crippen molar-refractivity contribution in [2.24, 2.45) is 5.92 Å². The first kappa shape index (κ1) is 15.0. The lowest BCUT2D eigenvalue weighted by molar-refractivity contribution is -0.170. The van der Waals surface area contributed by atoms with Crippen LogP contribution in [0.2, 0.25) is 0 Å². The molecule has 2 rings (SSSR count). The standard InChI is InChI=1S/C13H17F3N2O2/c1-2-8-4-3-5-9(6-8)12-17-11(20-18-12)7-10(19)13(14,15)16/h8-9H,2-7H2,1H3. The van der Waals surface area contributed by atoms with E-state index in [0.717, 1.165) is 25.7 Å². The van der Waals surface area contributed by atoms with E-state index in [1.54, 1.807) is 0 Å². The maximum Gasteiger partial charge on any atom is 0.450 e. The normalized spacial score (nSPS) is 23.8. The van der Waals surface area contributed by atoms with Crippen molar-refractivity contribution in [2.45, 2.75) is 57.5 Å². The predicted molar refractivity (Wildman–Crippen MR) is 64.1 cm³/mol. The number of carbonyl (C=O) groups excluding carboxylic acids is 1. The summed E-state index contributed by atoms with van der Waals surface area (Å²) < 4.78 is 41.2. The first-order valence-electron chi connectivity index (χ1n) is 6.82. The van der Waals surface area contributed by atoms with Crippen LogP contribution in [0.4, 0.5) is 13.2 Å². The SMILES string of the molecule is CCC1CCCC(c2noc(CC(=O)C(F)(F)F)n2)C1. The van der Waals surface area contributed by atoms with Crippen molar-refractivity contribution in [1.29, 1.82) is 0 Å². The van der Waals surface area contributed by atoms with Crippen LogP contribution >= 0.6 is 0 Å². The highest BCUT2D eigenvalue weighted by atomic mass is 19.4. The van der Waals surface area contributed by atoms with E-state index < -0.39 is 18.4 Å². The zero-order valence-electron chi connectivity index (χ0n) is 11.2. The summed E-state index contributed by atoms with van der Waals surface area (Å²) in [7, 11) is 0. The zero-order chi connectivity index (χ0) is 14.8. The number of carbonyl (C=O) groups is 1. The fourth-order valence-corrected chi connectivity index (χ4v) is 2.64. The predicted octanol–water partition coefficient (Wildman–Crippen LogP) is 3.43. The molecule has 1 fully saturated rings. The molecule has 0 aromatic carbocycles. The third kappa shape index (κ3) is 3.58. The van der Waals surface area contributed by atoms with Crippen molar-refractivity contribution in [2.75, 3.05) is 0 Å². The van der Waals surface area contributed by atoms with E-state index in [1.165, 1.54) is 6.42 Å². The molecule has 1 aromatic heterocycles. The van der Waals surface area contributed by atoms with E-state index >= 15 is 0 Å². The number of ketones is 1. The number of nitrogens with zero attached hydrogens (tertiary/aromatic N) is 2. The molecule has 0 radical (unpaired) electrons. The summed E-state index contributed by atoms with van der Waals surface area (Å²) in [6.07, 6.45) is -0.564. The third-order valence-electron chi connectivity index (χ3n) is 3.84. The van der Waals surface area contributed by atoms with Gasteiger partial charge in [0.15, 0.2) is 5.82 Å². The van der Waals surface area contributed by atoms with Crippen LogP contribution in [0.3, 0.4) is 0 Å². The van der Waals surface area contributed by atoms with Gasteiger partial charge in [0.05, 0.1) is 6.42 Å². The van der Waals surface area contributed by atoms with Gasteiger partial charge in [0, 0.05) is 5.92 Å². The van der Waals surface area contributed by atoms with Gasteiger partial charge >= 0.3 is 6.18 Å². The number of hydrogen-bond acceptors (Lipinski definition) is 4. The van der Waals surface area contributed by atoms with E-state index in [2.05, 4.69) is 17.1 Å². The number of halogens is 3. The van der Waals surface area contributed by atoms with Gasteiger partial charge < -0.3 is 4.52 Å². The molecule has 1 aliphatic rings. The lowest BCUT2D eigenvalue weighted by atomic mass is 9.80. The molecule has 0 saturated heterocycles. The molecule has 1 aliphatic carbocycles. The van der Waals surface area contributed by atoms with E-state index in [4.69, 9.17) is 4.52 Å². The molecular weight excluding hydrogens is 273 g/mol. The summed E-state index contributed by atoms with van der Waals surface area (Å²) in [6, 6.07) is 0. The number of aromatic nitrogens is 2. The van der Waals surface area contributed by atoms with Crippen molar-refractivity contribution in [1.82, 2.24) is 10.1 Å². The third-order valence-corrected chi connectivity index (χ3v) is 3.84. The molecule has 2 atom stereocenters.